The van der Waals surface area contributed by atoms with Crippen LogP contribution in [0.5, 0.6) is 0 Å². The van der Waals surface area contributed by atoms with E-state index in [1.165, 1.54) is 0 Å². The average molecular weight is 161 g/mol. The zero-order valence-electron chi connectivity index (χ0n) is 6.00. The minimum atomic E-state index is 0.573. The molecular weight excluding hydrogens is 150 g/mol. The Morgan fingerprint density at radius 2 is 2.10 bits per heavy atom. The monoisotopic (exact) mass is 161 g/mol. The molecule has 1 aliphatic rings. The fourth-order valence-electron chi connectivity index (χ4n) is 0.875. The van der Waals surface area contributed by atoms with Crippen molar-refractivity contribution in [3.63, 3.8) is 0 Å². The molecule has 1 aliphatic heterocycles. The van der Waals surface area contributed by atoms with E-state index in [1.54, 1.807) is 7.11 Å². The van der Waals surface area contributed by atoms with E-state index in [1.807, 2.05) is 4.90 Å². The summed E-state index contributed by atoms with van der Waals surface area (Å²) in [5.74, 6) is 0. The molecule has 4 heteroatoms. The van der Waals surface area contributed by atoms with Crippen LogP contribution in [-0.4, -0.2) is 43.5 Å². The average Bonchev–Trinajstić information content (AvgIpc) is 2.05. The molecule has 0 N–H and O–H groups in total. The fourth-order valence-corrected chi connectivity index (χ4v) is 1.06. The molecule has 3 nitrogen and oxygen atoms in total. The van der Waals surface area contributed by atoms with Gasteiger partial charge in [0, 0.05) is 13.1 Å². The van der Waals surface area contributed by atoms with Crippen molar-refractivity contribution in [2.75, 3.05) is 33.4 Å². The maximum absolute atomic E-state index is 5.14. The molecule has 0 aromatic carbocycles. The van der Waals surface area contributed by atoms with Gasteiger partial charge in [-0.25, -0.2) is 0 Å². The van der Waals surface area contributed by atoms with Crippen LogP contribution in [0.1, 0.15) is 0 Å². The molecule has 1 fully saturated rings. The Balaban J connectivity index is 2.31. The smallest absolute Gasteiger partial charge is 0.259 e. The summed E-state index contributed by atoms with van der Waals surface area (Å²) in [6.45, 7) is 3.21. The fraction of sp³-hybridized carbons (Fsp3) is 0.833. The lowest BCUT2D eigenvalue weighted by Gasteiger charge is -2.27. The molecule has 0 atom stereocenters. The van der Waals surface area contributed by atoms with Crippen molar-refractivity contribution in [1.82, 2.24) is 4.90 Å². The van der Waals surface area contributed by atoms with E-state index in [0.29, 0.717) is 5.17 Å². The lowest BCUT2D eigenvalue weighted by atomic mass is 10.5. The van der Waals surface area contributed by atoms with Crippen molar-refractivity contribution in [2.45, 2.75) is 0 Å². The molecule has 58 valence electrons. The summed E-state index contributed by atoms with van der Waals surface area (Å²) in [4.78, 5) is 2.00. The van der Waals surface area contributed by atoms with Crippen LogP contribution in [0.3, 0.4) is 0 Å². The van der Waals surface area contributed by atoms with Gasteiger partial charge in [-0.3, -0.25) is 0 Å². The van der Waals surface area contributed by atoms with Crippen molar-refractivity contribution in [3.8, 4) is 0 Å². The quantitative estimate of drug-likeness (QED) is 0.475. The highest BCUT2D eigenvalue weighted by atomic mass is 32.1. The third-order valence-corrected chi connectivity index (χ3v) is 1.87. The van der Waals surface area contributed by atoms with Gasteiger partial charge < -0.3 is 14.4 Å². The number of hydrogen-bond donors (Lipinski definition) is 0. The Hall–Kier alpha value is -0.350. The first-order chi connectivity index (χ1) is 4.84. The molecule has 1 heterocycles. The molecular formula is C6H11NO2S. The van der Waals surface area contributed by atoms with Gasteiger partial charge in [0.15, 0.2) is 0 Å². The van der Waals surface area contributed by atoms with Crippen molar-refractivity contribution < 1.29 is 9.47 Å². The molecule has 0 unspecified atom stereocenters. The SMILES string of the molecule is COC(=S)N1CCOCC1. The molecule has 1 rings (SSSR count). The highest BCUT2D eigenvalue weighted by Gasteiger charge is 2.12. The highest BCUT2D eigenvalue weighted by Crippen LogP contribution is 1.98. The maximum atomic E-state index is 5.14. The van der Waals surface area contributed by atoms with Gasteiger partial charge in [-0.15, -0.1) is 0 Å². The summed E-state index contributed by atoms with van der Waals surface area (Å²) in [5, 5.41) is 0.573. The molecule has 1 saturated heterocycles. The summed E-state index contributed by atoms with van der Waals surface area (Å²) >= 11 is 4.92. The van der Waals surface area contributed by atoms with Crippen LogP contribution in [0.25, 0.3) is 0 Å². The molecule has 0 aliphatic carbocycles. The third kappa shape index (κ3) is 1.82. The molecule has 0 saturated carbocycles. The van der Waals surface area contributed by atoms with Crippen LogP contribution < -0.4 is 0 Å². The number of rotatable bonds is 0. The van der Waals surface area contributed by atoms with Crippen LogP contribution in [0.2, 0.25) is 0 Å². The Labute approximate surface area is 65.9 Å². The van der Waals surface area contributed by atoms with Gasteiger partial charge in [-0.1, -0.05) is 0 Å². The van der Waals surface area contributed by atoms with E-state index in [0.717, 1.165) is 26.3 Å². The Morgan fingerprint density at radius 1 is 1.50 bits per heavy atom. The zero-order chi connectivity index (χ0) is 7.40. The van der Waals surface area contributed by atoms with Crippen LogP contribution >= 0.6 is 12.2 Å². The van der Waals surface area contributed by atoms with Gasteiger partial charge in [-0.05, 0) is 12.2 Å². The molecule has 0 radical (unpaired) electrons. The molecule has 0 aromatic rings. The van der Waals surface area contributed by atoms with Gasteiger partial charge >= 0.3 is 0 Å². The maximum Gasteiger partial charge on any atom is 0.259 e. The van der Waals surface area contributed by atoms with Gasteiger partial charge in [0.2, 0.25) is 0 Å². The Kier molecular flexibility index (Phi) is 2.89. The highest BCUT2D eigenvalue weighted by molar-refractivity contribution is 7.80. The second-order valence-electron chi connectivity index (χ2n) is 2.07. The van der Waals surface area contributed by atoms with E-state index >= 15 is 0 Å². The number of nitrogens with zero attached hydrogens (tertiary/aromatic N) is 1. The van der Waals surface area contributed by atoms with Crippen molar-refractivity contribution in [1.29, 1.82) is 0 Å². The standard InChI is InChI=1S/C6H11NO2S/c1-8-6(10)7-2-4-9-5-3-7/h2-5H2,1H3. The number of ether oxygens (including phenoxy) is 2. The van der Waals surface area contributed by atoms with E-state index < -0.39 is 0 Å². The predicted molar refractivity (Wildman–Crippen MR) is 42.0 cm³/mol. The van der Waals surface area contributed by atoms with E-state index in [9.17, 15) is 0 Å². The summed E-state index contributed by atoms with van der Waals surface area (Å²) in [7, 11) is 1.60. The van der Waals surface area contributed by atoms with Crippen LogP contribution in [-0.2, 0) is 9.47 Å². The van der Waals surface area contributed by atoms with Gasteiger partial charge in [0.05, 0.1) is 20.3 Å². The summed E-state index contributed by atoms with van der Waals surface area (Å²) in [6.07, 6.45) is 0. The van der Waals surface area contributed by atoms with Gasteiger partial charge in [-0.2, -0.15) is 0 Å². The molecule has 0 spiro atoms. The summed E-state index contributed by atoms with van der Waals surface area (Å²) in [5.41, 5.74) is 0. The second kappa shape index (κ2) is 3.73. The van der Waals surface area contributed by atoms with Crippen molar-refractivity contribution in [2.24, 2.45) is 0 Å². The first-order valence-corrected chi connectivity index (χ1v) is 3.66. The number of methoxy groups -OCH3 is 1. The van der Waals surface area contributed by atoms with Gasteiger partial charge in [0.1, 0.15) is 0 Å². The minimum Gasteiger partial charge on any atom is -0.474 e. The van der Waals surface area contributed by atoms with Crippen LogP contribution in [0.15, 0.2) is 0 Å². The number of morpholine rings is 1. The van der Waals surface area contributed by atoms with Crippen LogP contribution in [0, 0.1) is 0 Å². The third-order valence-electron chi connectivity index (χ3n) is 1.44. The molecule has 0 aromatic heterocycles. The summed E-state index contributed by atoms with van der Waals surface area (Å²) < 4.78 is 10.0. The predicted octanol–water partition coefficient (Wildman–Crippen LogP) is 0.250. The zero-order valence-corrected chi connectivity index (χ0v) is 6.82. The molecule has 0 amide bonds. The summed E-state index contributed by atoms with van der Waals surface area (Å²) in [6, 6.07) is 0. The Morgan fingerprint density at radius 3 is 2.60 bits per heavy atom. The molecule has 0 bridgehead atoms. The number of thiocarbonyl (C=S) groups is 1. The Bertz CT molecular complexity index is 123. The topological polar surface area (TPSA) is 21.7 Å². The van der Waals surface area contributed by atoms with Crippen LogP contribution in [0.4, 0.5) is 0 Å². The van der Waals surface area contributed by atoms with Crippen molar-refractivity contribution >= 4 is 17.4 Å². The van der Waals surface area contributed by atoms with Crippen molar-refractivity contribution in [3.05, 3.63) is 0 Å². The minimum absolute atomic E-state index is 0.573. The van der Waals surface area contributed by atoms with E-state index in [2.05, 4.69) is 0 Å². The lowest BCUT2D eigenvalue weighted by Crippen LogP contribution is -2.40. The normalized spacial score (nSPS) is 18.7. The first kappa shape index (κ1) is 7.75. The first-order valence-electron chi connectivity index (χ1n) is 3.25. The molecule has 10 heavy (non-hydrogen) atoms. The lowest BCUT2D eigenvalue weighted by molar-refractivity contribution is 0.0600. The van der Waals surface area contributed by atoms with E-state index in [-0.39, 0.29) is 0 Å². The second-order valence-corrected chi connectivity index (χ2v) is 2.42. The van der Waals surface area contributed by atoms with Gasteiger partial charge in [0.25, 0.3) is 5.17 Å². The largest absolute Gasteiger partial charge is 0.474 e. The number of hydrogen-bond acceptors (Lipinski definition) is 3. The van der Waals surface area contributed by atoms with E-state index in [4.69, 9.17) is 21.7 Å².